The normalized spacial score (nSPS) is 10.6. The fourth-order valence-electron chi connectivity index (χ4n) is 3.03. The van der Waals surface area contributed by atoms with Gasteiger partial charge in [0.2, 0.25) is 0 Å². The fourth-order valence-corrected chi connectivity index (χ4v) is 3.03. The van der Waals surface area contributed by atoms with Crippen LogP contribution in [-0.2, 0) is 4.79 Å². The zero-order chi connectivity index (χ0) is 25.4. The first-order valence-corrected chi connectivity index (χ1v) is 10.2. The van der Waals surface area contributed by atoms with E-state index < -0.39 is 17.8 Å². The number of carboxylic acids is 1. The number of hydrogen-bond acceptors (Lipinski definition) is 7. The molecule has 0 heterocycles. The van der Waals surface area contributed by atoms with E-state index in [4.69, 9.17) is 14.2 Å². The van der Waals surface area contributed by atoms with Gasteiger partial charge >= 0.3 is 11.9 Å². The van der Waals surface area contributed by atoms with E-state index in [2.05, 4.69) is 5.32 Å². The molecule has 9 heteroatoms. The summed E-state index contributed by atoms with van der Waals surface area (Å²) in [6, 6.07) is 18.5. The summed E-state index contributed by atoms with van der Waals surface area (Å²) >= 11 is 0. The molecule has 0 fully saturated rings. The first-order valence-electron chi connectivity index (χ1n) is 10.2. The van der Waals surface area contributed by atoms with Gasteiger partial charge in [-0.3, -0.25) is 4.79 Å². The first kappa shape index (κ1) is 24.5. The van der Waals surface area contributed by atoms with Gasteiger partial charge in [-0.1, -0.05) is 18.2 Å². The van der Waals surface area contributed by atoms with Gasteiger partial charge in [-0.2, -0.15) is 5.26 Å². The van der Waals surface area contributed by atoms with Gasteiger partial charge < -0.3 is 24.6 Å². The third-order valence-electron chi connectivity index (χ3n) is 4.80. The number of carboxylic acid groups (broad SMARTS) is 1. The minimum Gasteiger partial charge on any atom is -0.497 e. The molecule has 2 N–H and O–H groups in total. The number of nitrogens with one attached hydrogen (secondary N) is 1. The molecule has 0 aliphatic rings. The maximum absolute atomic E-state index is 12.6. The Morgan fingerprint density at radius 3 is 2.29 bits per heavy atom. The van der Waals surface area contributed by atoms with E-state index in [1.54, 1.807) is 42.5 Å². The summed E-state index contributed by atoms with van der Waals surface area (Å²) in [7, 11) is 2.92. The van der Waals surface area contributed by atoms with E-state index in [9.17, 15) is 24.8 Å². The van der Waals surface area contributed by atoms with Crippen molar-refractivity contribution >= 4 is 29.6 Å². The number of nitriles is 1. The van der Waals surface area contributed by atoms with Gasteiger partial charge in [0.1, 0.15) is 17.4 Å². The third kappa shape index (κ3) is 6.03. The van der Waals surface area contributed by atoms with Gasteiger partial charge in [-0.25, -0.2) is 9.59 Å². The Bertz CT molecular complexity index is 1340. The molecule has 176 valence electrons. The lowest BCUT2D eigenvalue weighted by atomic mass is 10.1. The van der Waals surface area contributed by atoms with Gasteiger partial charge in [-0.15, -0.1) is 0 Å². The number of methoxy groups -OCH3 is 2. The lowest BCUT2D eigenvalue weighted by Gasteiger charge is -2.11. The molecule has 1 amide bonds. The molecule has 3 aromatic carbocycles. The molecule has 0 aromatic heterocycles. The molecule has 0 saturated heterocycles. The summed E-state index contributed by atoms with van der Waals surface area (Å²) in [6.45, 7) is 0. The molecule has 0 aliphatic heterocycles. The summed E-state index contributed by atoms with van der Waals surface area (Å²) in [5, 5.41) is 21.2. The van der Waals surface area contributed by atoms with Gasteiger partial charge in [0.25, 0.3) is 5.91 Å². The number of ether oxygens (including phenoxy) is 3. The summed E-state index contributed by atoms with van der Waals surface area (Å²) in [5.41, 5.74) is 0.303. The molecule has 0 bridgehead atoms. The van der Waals surface area contributed by atoms with Gasteiger partial charge in [0.15, 0.2) is 11.5 Å². The maximum atomic E-state index is 12.6. The molecule has 0 saturated carbocycles. The van der Waals surface area contributed by atoms with E-state index in [-0.39, 0.29) is 33.9 Å². The number of para-hydroxylation sites is 1. The molecular weight excluding hydrogens is 452 g/mol. The summed E-state index contributed by atoms with van der Waals surface area (Å²) in [6.07, 6.45) is 1.28. The highest BCUT2D eigenvalue weighted by atomic mass is 16.6. The van der Waals surface area contributed by atoms with Crippen LogP contribution in [0.2, 0.25) is 0 Å². The van der Waals surface area contributed by atoms with Crippen LogP contribution in [0.3, 0.4) is 0 Å². The number of amides is 1. The third-order valence-corrected chi connectivity index (χ3v) is 4.80. The van der Waals surface area contributed by atoms with E-state index >= 15 is 0 Å². The van der Waals surface area contributed by atoms with Crippen LogP contribution in [-0.4, -0.2) is 37.2 Å². The Morgan fingerprint density at radius 1 is 0.943 bits per heavy atom. The lowest BCUT2D eigenvalue weighted by molar-refractivity contribution is -0.112. The predicted molar refractivity (Wildman–Crippen MR) is 127 cm³/mol. The molecular formula is C26H20N2O7. The minimum atomic E-state index is -1.22. The Balaban J connectivity index is 1.85. The van der Waals surface area contributed by atoms with Crippen LogP contribution in [0.15, 0.2) is 72.3 Å². The highest BCUT2D eigenvalue weighted by molar-refractivity contribution is 6.11. The molecule has 3 aromatic rings. The topological polar surface area (TPSA) is 135 Å². The second-order valence-corrected chi connectivity index (χ2v) is 7.00. The number of nitrogens with zero attached hydrogens (tertiary/aromatic N) is 1. The highest BCUT2D eigenvalue weighted by Gasteiger charge is 2.17. The summed E-state index contributed by atoms with van der Waals surface area (Å²) in [4.78, 5) is 36.6. The Hall–Kier alpha value is -5.10. The van der Waals surface area contributed by atoms with Crippen molar-refractivity contribution in [1.29, 1.82) is 5.26 Å². The Morgan fingerprint density at radius 2 is 1.66 bits per heavy atom. The Kier molecular flexibility index (Phi) is 7.82. The van der Waals surface area contributed by atoms with Gasteiger partial charge in [-0.05, 0) is 60.2 Å². The molecule has 3 rings (SSSR count). The van der Waals surface area contributed by atoms with Crippen molar-refractivity contribution < 1.29 is 33.7 Å². The van der Waals surface area contributed by atoms with E-state index in [0.29, 0.717) is 11.3 Å². The van der Waals surface area contributed by atoms with E-state index in [1.807, 2.05) is 0 Å². The number of carbonyl (C=O) groups is 3. The van der Waals surface area contributed by atoms with Gasteiger partial charge in [0.05, 0.1) is 31.0 Å². The zero-order valence-corrected chi connectivity index (χ0v) is 18.8. The van der Waals surface area contributed by atoms with Crippen LogP contribution in [0.1, 0.15) is 26.3 Å². The van der Waals surface area contributed by atoms with Crippen molar-refractivity contribution in [2.75, 3.05) is 19.5 Å². The summed E-state index contributed by atoms with van der Waals surface area (Å²) in [5.74, 6) is -1.73. The van der Waals surface area contributed by atoms with Crippen molar-refractivity contribution in [2.45, 2.75) is 0 Å². The van der Waals surface area contributed by atoms with E-state index in [1.165, 1.54) is 50.6 Å². The van der Waals surface area contributed by atoms with Crippen molar-refractivity contribution in [3.05, 3.63) is 89.0 Å². The van der Waals surface area contributed by atoms with Crippen molar-refractivity contribution in [3.63, 3.8) is 0 Å². The van der Waals surface area contributed by atoms with Gasteiger partial charge in [0, 0.05) is 0 Å². The number of aromatic carboxylic acids is 1. The lowest BCUT2D eigenvalue weighted by Crippen LogP contribution is -2.16. The van der Waals surface area contributed by atoms with Crippen molar-refractivity contribution in [2.24, 2.45) is 0 Å². The number of hydrogen-bond donors (Lipinski definition) is 2. The molecule has 35 heavy (non-hydrogen) atoms. The number of carbonyl (C=O) groups excluding carboxylic acids is 2. The molecule has 0 unspecified atom stereocenters. The molecule has 0 aliphatic carbocycles. The SMILES string of the molecule is COc1ccc(C(=O)Oc2cc(/C=C(\C#N)C(=O)Nc3ccccc3C(=O)O)ccc2OC)cc1. The van der Waals surface area contributed by atoms with Crippen LogP contribution in [0.25, 0.3) is 6.08 Å². The molecule has 0 spiro atoms. The fraction of sp³-hybridized carbons (Fsp3) is 0.0769. The second-order valence-electron chi connectivity index (χ2n) is 7.00. The minimum absolute atomic E-state index is 0.0509. The second kappa shape index (κ2) is 11.2. The van der Waals surface area contributed by atoms with Crippen molar-refractivity contribution in [1.82, 2.24) is 0 Å². The number of rotatable bonds is 8. The van der Waals surface area contributed by atoms with E-state index in [0.717, 1.165) is 0 Å². The number of esters is 1. The van der Waals surface area contributed by atoms with Crippen molar-refractivity contribution in [3.8, 4) is 23.3 Å². The quantitative estimate of drug-likeness (QED) is 0.216. The molecule has 0 atom stereocenters. The average Bonchev–Trinajstić information content (AvgIpc) is 2.87. The zero-order valence-electron chi connectivity index (χ0n) is 18.8. The van der Waals surface area contributed by atoms with Crippen LogP contribution in [0, 0.1) is 11.3 Å². The standard InChI is InChI=1S/C26H20N2O7/c1-33-19-10-8-17(9-11-19)26(32)35-23-14-16(7-12-22(23)34-2)13-18(15-27)24(29)28-21-6-4-3-5-20(21)25(30)31/h3-14H,1-2H3,(H,28,29)(H,30,31)/b18-13+. The molecule has 0 radical (unpaired) electrons. The smallest absolute Gasteiger partial charge is 0.343 e. The van der Waals surface area contributed by atoms with Crippen LogP contribution in [0.4, 0.5) is 5.69 Å². The largest absolute Gasteiger partial charge is 0.497 e. The maximum Gasteiger partial charge on any atom is 0.343 e. The highest BCUT2D eigenvalue weighted by Crippen LogP contribution is 2.30. The van der Waals surface area contributed by atoms with Crippen LogP contribution in [0.5, 0.6) is 17.2 Å². The van der Waals surface area contributed by atoms with Crippen LogP contribution < -0.4 is 19.5 Å². The number of anilines is 1. The average molecular weight is 472 g/mol. The van der Waals surface area contributed by atoms with Crippen LogP contribution >= 0.6 is 0 Å². The predicted octanol–water partition coefficient (Wildman–Crippen LogP) is 4.17. The Labute approximate surface area is 200 Å². The first-order chi connectivity index (χ1) is 16.9. The monoisotopic (exact) mass is 472 g/mol. The summed E-state index contributed by atoms with van der Waals surface area (Å²) < 4.78 is 15.8. The number of benzene rings is 3. The molecule has 9 nitrogen and oxygen atoms in total.